The summed E-state index contributed by atoms with van der Waals surface area (Å²) in [6.45, 7) is 7.42. The van der Waals surface area contributed by atoms with Gasteiger partial charge in [-0.2, -0.15) is 0 Å². The highest BCUT2D eigenvalue weighted by Crippen LogP contribution is 2.29. The van der Waals surface area contributed by atoms with Crippen molar-refractivity contribution in [3.05, 3.63) is 0 Å². The number of carbonyl (C=O) groups excluding carboxylic acids is 1. The van der Waals surface area contributed by atoms with Gasteiger partial charge in [0.05, 0.1) is 5.60 Å². The largest absolute Gasteiger partial charge is 0.388 e. The third-order valence-corrected chi connectivity index (χ3v) is 3.49. The van der Waals surface area contributed by atoms with E-state index < -0.39 is 5.60 Å². The van der Waals surface area contributed by atoms with Crippen LogP contribution in [0.5, 0.6) is 0 Å². The van der Waals surface area contributed by atoms with Crippen molar-refractivity contribution in [1.82, 2.24) is 10.2 Å². The minimum absolute atomic E-state index is 0.0442. The highest BCUT2D eigenvalue weighted by Gasteiger charge is 2.33. The predicted molar refractivity (Wildman–Crippen MR) is 73.4 cm³/mol. The van der Waals surface area contributed by atoms with E-state index in [-0.39, 0.29) is 11.4 Å². The molecule has 4 heteroatoms. The summed E-state index contributed by atoms with van der Waals surface area (Å²) in [5, 5.41) is 13.6. The Morgan fingerprint density at radius 3 is 2.39 bits per heavy atom. The molecule has 0 aromatic rings. The first-order valence-electron chi connectivity index (χ1n) is 6.93. The van der Waals surface area contributed by atoms with Gasteiger partial charge in [-0.05, 0) is 33.6 Å². The van der Waals surface area contributed by atoms with Crippen LogP contribution in [-0.4, -0.2) is 47.2 Å². The lowest BCUT2D eigenvalue weighted by Gasteiger charge is -2.29. The fraction of sp³-hybridized carbons (Fsp3) is 0.929. The standard InChI is InChI=1S/C14H28N2O2/c1-13(2,3)15-10-7-12(17)16(4)11-14(18)8-5-6-9-14/h15,18H,5-11H2,1-4H3. The van der Waals surface area contributed by atoms with Crippen LogP contribution < -0.4 is 5.32 Å². The van der Waals surface area contributed by atoms with Crippen LogP contribution in [0, 0.1) is 0 Å². The van der Waals surface area contributed by atoms with E-state index in [4.69, 9.17) is 0 Å². The molecule has 1 amide bonds. The Bertz CT molecular complexity index is 278. The Hall–Kier alpha value is -0.610. The van der Waals surface area contributed by atoms with Crippen LogP contribution in [0.1, 0.15) is 52.9 Å². The normalized spacial score (nSPS) is 18.9. The average molecular weight is 256 g/mol. The van der Waals surface area contributed by atoms with E-state index in [9.17, 15) is 9.90 Å². The Kier molecular flexibility index (Phi) is 5.17. The van der Waals surface area contributed by atoms with Gasteiger partial charge >= 0.3 is 0 Å². The topological polar surface area (TPSA) is 52.6 Å². The monoisotopic (exact) mass is 256 g/mol. The molecule has 1 fully saturated rings. The smallest absolute Gasteiger partial charge is 0.223 e. The molecule has 106 valence electrons. The summed E-state index contributed by atoms with van der Waals surface area (Å²) in [6, 6.07) is 0. The molecule has 0 atom stereocenters. The maximum Gasteiger partial charge on any atom is 0.223 e. The zero-order chi connectivity index (χ0) is 13.8. The van der Waals surface area contributed by atoms with Gasteiger partial charge in [0.2, 0.25) is 5.91 Å². The van der Waals surface area contributed by atoms with Crippen LogP contribution in [-0.2, 0) is 4.79 Å². The van der Waals surface area contributed by atoms with Crippen LogP contribution in [0.25, 0.3) is 0 Å². The van der Waals surface area contributed by atoms with Crippen molar-refractivity contribution in [2.75, 3.05) is 20.1 Å². The number of aliphatic hydroxyl groups is 1. The molecule has 0 bridgehead atoms. The summed E-state index contributed by atoms with van der Waals surface area (Å²) < 4.78 is 0. The SMILES string of the molecule is CN(CC1(O)CCCC1)C(=O)CCNC(C)(C)C. The number of likely N-dealkylation sites (N-methyl/N-ethyl adjacent to an activating group) is 1. The summed E-state index contributed by atoms with van der Waals surface area (Å²) in [5.74, 6) is 0.104. The molecule has 0 heterocycles. The molecule has 1 rings (SSSR count). The fourth-order valence-electron chi connectivity index (χ4n) is 2.46. The zero-order valence-corrected chi connectivity index (χ0v) is 12.3. The molecule has 0 unspecified atom stereocenters. The predicted octanol–water partition coefficient (Wildman–Crippen LogP) is 1.53. The molecule has 1 aliphatic rings. The maximum atomic E-state index is 11.9. The lowest BCUT2D eigenvalue weighted by Crippen LogP contribution is -2.43. The van der Waals surface area contributed by atoms with Crippen LogP contribution in [0.2, 0.25) is 0 Å². The van der Waals surface area contributed by atoms with Crippen LogP contribution in [0.15, 0.2) is 0 Å². The zero-order valence-electron chi connectivity index (χ0n) is 12.3. The third kappa shape index (κ3) is 5.36. The second-order valence-corrected chi connectivity index (χ2v) is 6.61. The highest BCUT2D eigenvalue weighted by molar-refractivity contribution is 5.76. The molecular weight excluding hydrogens is 228 g/mol. The molecule has 18 heavy (non-hydrogen) atoms. The summed E-state index contributed by atoms with van der Waals surface area (Å²) in [5.41, 5.74) is -0.593. The van der Waals surface area contributed by atoms with Gasteiger partial charge in [0.25, 0.3) is 0 Å². The molecular formula is C14H28N2O2. The second kappa shape index (κ2) is 6.02. The van der Waals surface area contributed by atoms with Crippen molar-refractivity contribution in [2.45, 2.75) is 64.0 Å². The van der Waals surface area contributed by atoms with Crippen molar-refractivity contribution < 1.29 is 9.90 Å². The molecule has 0 radical (unpaired) electrons. The number of rotatable bonds is 5. The van der Waals surface area contributed by atoms with E-state index in [1.54, 1.807) is 11.9 Å². The van der Waals surface area contributed by atoms with Gasteiger partial charge in [-0.25, -0.2) is 0 Å². The second-order valence-electron chi connectivity index (χ2n) is 6.61. The van der Waals surface area contributed by atoms with Gasteiger partial charge in [-0.15, -0.1) is 0 Å². The summed E-state index contributed by atoms with van der Waals surface area (Å²) in [6.07, 6.45) is 4.29. The molecule has 2 N–H and O–H groups in total. The van der Waals surface area contributed by atoms with Crippen molar-refractivity contribution in [1.29, 1.82) is 0 Å². The number of nitrogens with zero attached hydrogens (tertiary/aromatic N) is 1. The van der Waals surface area contributed by atoms with Crippen LogP contribution in [0.4, 0.5) is 0 Å². The number of hydrogen-bond acceptors (Lipinski definition) is 3. The molecule has 0 saturated heterocycles. The summed E-state index contributed by atoms with van der Waals surface area (Å²) in [7, 11) is 1.79. The fourth-order valence-corrected chi connectivity index (χ4v) is 2.46. The third-order valence-electron chi connectivity index (χ3n) is 3.49. The van der Waals surface area contributed by atoms with Gasteiger partial charge in [0.1, 0.15) is 0 Å². The van der Waals surface area contributed by atoms with Gasteiger partial charge in [0, 0.05) is 32.1 Å². The molecule has 0 spiro atoms. The van der Waals surface area contributed by atoms with Gasteiger partial charge in [-0.1, -0.05) is 12.8 Å². The molecule has 0 aliphatic heterocycles. The number of amides is 1. The maximum absolute atomic E-state index is 11.9. The summed E-state index contributed by atoms with van der Waals surface area (Å²) >= 11 is 0. The first-order valence-corrected chi connectivity index (χ1v) is 6.93. The van der Waals surface area contributed by atoms with Crippen molar-refractivity contribution >= 4 is 5.91 Å². The minimum atomic E-state index is -0.637. The van der Waals surface area contributed by atoms with E-state index >= 15 is 0 Å². The molecule has 0 aromatic heterocycles. The first kappa shape index (κ1) is 15.4. The van der Waals surface area contributed by atoms with E-state index in [1.807, 2.05) is 0 Å². The molecule has 1 saturated carbocycles. The molecule has 4 nitrogen and oxygen atoms in total. The Morgan fingerprint density at radius 2 is 1.89 bits per heavy atom. The van der Waals surface area contributed by atoms with Crippen molar-refractivity contribution in [2.24, 2.45) is 0 Å². The van der Waals surface area contributed by atoms with Gasteiger partial charge < -0.3 is 15.3 Å². The van der Waals surface area contributed by atoms with Crippen LogP contribution in [0.3, 0.4) is 0 Å². The van der Waals surface area contributed by atoms with E-state index in [2.05, 4.69) is 26.1 Å². The highest BCUT2D eigenvalue weighted by atomic mass is 16.3. The Labute approximate surface area is 111 Å². The Balaban J connectivity index is 2.28. The Morgan fingerprint density at radius 1 is 1.33 bits per heavy atom. The quantitative estimate of drug-likeness (QED) is 0.784. The van der Waals surface area contributed by atoms with E-state index in [1.165, 1.54) is 0 Å². The number of hydrogen-bond donors (Lipinski definition) is 2. The van der Waals surface area contributed by atoms with Crippen LogP contribution >= 0.6 is 0 Å². The number of carbonyl (C=O) groups is 1. The average Bonchev–Trinajstić information content (AvgIpc) is 2.62. The molecule has 0 aromatic carbocycles. The first-order chi connectivity index (χ1) is 8.22. The lowest BCUT2D eigenvalue weighted by molar-refractivity contribution is -0.133. The lowest BCUT2D eigenvalue weighted by atomic mass is 10.0. The summed E-state index contributed by atoms with van der Waals surface area (Å²) in [4.78, 5) is 13.6. The van der Waals surface area contributed by atoms with E-state index in [0.717, 1.165) is 25.7 Å². The van der Waals surface area contributed by atoms with Crippen molar-refractivity contribution in [3.8, 4) is 0 Å². The number of nitrogens with one attached hydrogen (secondary N) is 1. The van der Waals surface area contributed by atoms with Crippen molar-refractivity contribution in [3.63, 3.8) is 0 Å². The van der Waals surface area contributed by atoms with E-state index in [0.29, 0.717) is 19.5 Å². The van der Waals surface area contributed by atoms with Gasteiger partial charge in [-0.3, -0.25) is 4.79 Å². The van der Waals surface area contributed by atoms with Gasteiger partial charge in [0.15, 0.2) is 0 Å². The minimum Gasteiger partial charge on any atom is -0.388 e. The molecule has 1 aliphatic carbocycles.